The van der Waals surface area contributed by atoms with Crippen molar-refractivity contribution in [1.82, 2.24) is 9.55 Å². The summed E-state index contributed by atoms with van der Waals surface area (Å²) < 4.78 is 7.56. The zero-order chi connectivity index (χ0) is 15.2. The van der Waals surface area contributed by atoms with Gasteiger partial charge in [0.2, 0.25) is 0 Å². The zero-order valence-corrected chi connectivity index (χ0v) is 12.6. The van der Waals surface area contributed by atoms with Gasteiger partial charge in [-0.05, 0) is 38.8 Å². The van der Waals surface area contributed by atoms with Gasteiger partial charge in [0, 0.05) is 13.0 Å². The lowest BCUT2D eigenvalue weighted by atomic mass is 10.1. The molecule has 5 heteroatoms. The molecule has 0 unspecified atom stereocenters. The van der Waals surface area contributed by atoms with Crippen LogP contribution in [0.2, 0.25) is 0 Å². The van der Waals surface area contributed by atoms with Gasteiger partial charge in [0.25, 0.3) is 0 Å². The minimum atomic E-state index is -0.917. The Hall–Kier alpha value is -1.88. The van der Waals surface area contributed by atoms with Crippen molar-refractivity contribution in [1.29, 1.82) is 0 Å². The highest BCUT2D eigenvalue weighted by Crippen LogP contribution is 2.41. The van der Waals surface area contributed by atoms with Crippen molar-refractivity contribution in [3.63, 3.8) is 0 Å². The van der Waals surface area contributed by atoms with E-state index in [4.69, 9.17) is 4.74 Å². The highest BCUT2D eigenvalue weighted by atomic mass is 16.5. The molecule has 1 fully saturated rings. The molecular formula is C16H20N2O3. The molecule has 1 heterocycles. The molecule has 1 saturated carbocycles. The van der Waals surface area contributed by atoms with Gasteiger partial charge in [0.15, 0.2) is 0 Å². The van der Waals surface area contributed by atoms with Crippen LogP contribution >= 0.6 is 0 Å². The number of hydrogen-bond donors (Lipinski definition) is 1. The van der Waals surface area contributed by atoms with Gasteiger partial charge in [-0.3, -0.25) is 0 Å². The maximum Gasteiger partial charge on any atom is 0.337 e. The van der Waals surface area contributed by atoms with Gasteiger partial charge in [0.05, 0.1) is 28.7 Å². The second kappa shape index (κ2) is 4.84. The van der Waals surface area contributed by atoms with Gasteiger partial charge < -0.3 is 14.4 Å². The molecule has 21 heavy (non-hydrogen) atoms. The first-order valence-corrected chi connectivity index (χ1v) is 7.20. The van der Waals surface area contributed by atoms with E-state index >= 15 is 0 Å². The van der Waals surface area contributed by atoms with E-state index in [1.54, 1.807) is 19.2 Å². The summed E-state index contributed by atoms with van der Waals surface area (Å²) in [4.78, 5) is 16.2. The summed E-state index contributed by atoms with van der Waals surface area (Å²) >= 11 is 0. The monoisotopic (exact) mass is 288 g/mol. The molecule has 0 amide bonds. The number of methoxy groups -OCH3 is 1. The van der Waals surface area contributed by atoms with Crippen molar-refractivity contribution in [2.24, 2.45) is 0 Å². The fourth-order valence-electron chi connectivity index (χ4n) is 2.63. The number of fused-ring (bicyclic) bond motifs is 1. The van der Waals surface area contributed by atoms with Crippen LogP contribution in [0.1, 0.15) is 48.8 Å². The summed E-state index contributed by atoms with van der Waals surface area (Å²) in [7, 11) is 1.67. The van der Waals surface area contributed by atoms with E-state index in [0.717, 1.165) is 24.2 Å². The van der Waals surface area contributed by atoms with Gasteiger partial charge in [-0.1, -0.05) is 6.07 Å². The average Bonchev–Trinajstić information content (AvgIpc) is 3.22. The summed E-state index contributed by atoms with van der Waals surface area (Å²) in [6, 6.07) is 5.27. The second-order valence-corrected chi connectivity index (χ2v) is 6.27. The first-order chi connectivity index (χ1) is 9.93. The molecule has 0 aliphatic heterocycles. The van der Waals surface area contributed by atoms with Crippen LogP contribution in [0, 0.1) is 0 Å². The molecule has 1 aromatic heterocycles. The van der Waals surface area contributed by atoms with E-state index in [0.29, 0.717) is 23.5 Å². The number of nitrogens with zero attached hydrogens (tertiary/aromatic N) is 2. The predicted molar refractivity (Wildman–Crippen MR) is 79.8 cm³/mol. The molecule has 1 aliphatic carbocycles. The third kappa shape index (κ3) is 2.53. The molecule has 1 aromatic carbocycles. The Morgan fingerprint density at radius 1 is 1.48 bits per heavy atom. The van der Waals surface area contributed by atoms with Crippen molar-refractivity contribution in [2.75, 3.05) is 7.11 Å². The second-order valence-electron chi connectivity index (χ2n) is 6.27. The number of carbonyl (C=O) groups is 1. The maximum atomic E-state index is 11.5. The van der Waals surface area contributed by atoms with Crippen LogP contribution in [-0.2, 0) is 11.3 Å². The maximum absolute atomic E-state index is 11.5. The standard InChI is InChI=1S/C16H20N2O3/c1-16(2,21-3)9-18-13-11(15(19)20)5-4-6-12(13)17-14(18)10-7-8-10/h4-6,10H,7-9H2,1-3H3,(H,19,20). The summed E-state index contributed by atoms with van der Waals surface area (Å²) in [5.41, 5.74) is 1.39. The lowest BCUT2D eigenvalue weighted by Crippen LogP contribution is -2.30. The molecule has 0 bridgehead atoms. The molecule has 112 valence electrons. The number of ether oxygens (including phenoxy) is 1. The highest BCUT2D eigenvalue weighted by Gasteiger charge is 2.32. The number of carboxylic acid groups (broad SMARTS) is 1. The van der Waals surface area contributed by atoms with E-state index in [2.05, 4.69) is 4.98 Å². The number of imidazole rings is 1. The smallest absolute Gasteiger partial charge is 0.337 e. The molecule has 0 atom stereocenters. The van der Waals surface area contributed by atoms with E-state index in [1.165, 1.54) is 0 Å². The van der Waals surface area contributed by atoms with Crippen LogP contribution in [0.3, 0.4) is 0 Å². The summed E-state index contributed by atoms with van der Waals surface area (Å²) in [5, 5.41) is 9.45. The minimum Gasteiger partial charge on any atom is -0.478 e. The first-order valence-electron chi connectivity index (χ1n) is 7.20. The minimum absolute atomic E-state index is 0.304. The Morgan fingerprint density at radius 2 is 2.19 bits per heavy atom. The molecule has 3 rings (SSSR count). The van der Waals surface area contributed by atoms with E-state index in [1.807, 2.05) is 24.5 Å². The van der Waals surface area contributed by atoms with Crippen LogP contribution in [-0.4, -0.2) is 33.3 Å². The van der Waals surface area contributed by atoms with Gasteiger partial charge in [0.1, 0.15) is 5.82 Å². The van der Waals surface area contributed by atoms with Crippen LogP contribution in [0.25, 0.3) is 11.0 Å². The van der Waals surface area contributed by atoms with E-state index in [9.17, 15) is 9.90 Å². The van der Waals surface area contributed by atoms with Gasteiger partial charge in [-0.25, -0.2) is 9.78 Å². The summed E-state index contributed by atoms with van der Waals surface area (Å²) in [6.07, 6.45) is 2.25. The molecule has 1 N–H and O–H groups in total. The Morgan fingerprint density at radius 3 is 2.76 bits per heavy atom. The van der Waals surface area contributed by atoms with Crippen LogP contribution in [0.5, 0.6) is 0 Å². The fraction of sp³-hybridized carbons (Fsp3) is 0.500. The highest BCUT2D eigenvalue weighted by molar-refractivity contribution is 6.01. The number of benzene rings is 1. The third-order valence-electron chi connectivity index (χ3n) is 4.06. The molecule has 0 spiro atoms. The average molecular weight is 288 g/mol. The number of aromatic nitrogens is 2. The quantitative estimate of drug-likeness (QED) is 0.918. The van der Waals surface area contributed by atoms with Crippen molar-refractivity contribution in [2.45, 2.75) is 44.8 Å². The summed E-state index contributed by atoms with van der Waals surface area (Å²) in [6.45, 7) is 4.59. The van der Waals surface area contributed by atoms with Crippen LogP contribution in [0.4, 0.5) is 0 Å². The van der Waals surface area contributed by atoms with Crippen LogP contribution < -0.4 is 0 Å². The van der Waals surface area contributed by atoms with E-state index in [-0.39, 0.29) is 5.60 Å². The molecule has 1 aliphatic rings. The number of hydrogen-bond acceptors (Lipinski definition) is 3. The number of para-hydroxylation sites is 1. The Balaban J connectivity index is 2.22. The Bertz CT molecular complexity index is 699. The normalized spacial score (nSPS) is 15.6. The third-order valence-corrected chi connectivity index (χ3v) is 4.06. The molecular weight excluding hydrogens is 268 g/mol. The Labute approximate surface area is 123 Å². The largest absolute Gasteiger partial charge is 0.478 e. The molecule has 0 saturated heterocycles. The summed E-state index contributed by atoms with van der Waals surface area (Å²) in [5.74, 6) is 0.523. The number of carboxylic acids is 1. The zero-order valence-electron chi connectivity index (χ0n) is 12.6. The van der Waals surface area contributed by atoms with Gasteiger partial charge >= 0.3 is 5.97 Å². The van der Waals surface area contributed by atoms with Gasteiger partial charge in [-0.15, -0.1) is 0 Å². The topological polar surface area (TPSA) is 64.4 Å². The van der Waals surface area contributed by atoms with Crippen molar-refractivity contribution in [3.8, 4) is 0 Å². The van der Waals surface area contributed by atoms with Crippen molar-refractivity contribution >= 4 is 17.0 Å². The van der Waals surface area contributed by atoms with Crippen molar-refractivity contribution in [3.05, 3.63) is 29.6 Å². The lowest BCUT2D eigenvalue weighted by molar-refractivity contribution is 0.00836. The fourth-order valence-corrected chi connectivity index (χ4v) is 2.63. The molecule has 2 aromatic rings. The first kappa shape index (κ1) is 14.1. The Kier molecular flexibility index (Phi) is 3.24. The molecule has 0 radical (unpaired) electrons. The molecule has 5 nitrogen and oxygen atoms in total. The predicted octanol–water partition coefficient (Wildman–Crippen LogP) is 3.04. The van der Waals surface area contributed by atoms with E-state index < -0.39 is 5.97 Å². The lowest BCUT2D eigenvalue weighted by Gasteiger charge is -2.25. The van der Waals surface area contributed by atoms with Crippen LogP contribution in [0.15, 0.2) is 18.2 Å². The number of rotatable bonds is 5. The van der Waals surface area contributed by atoms with Gasteiger partial charge in [-0.2, -0.15) is 0 Å². The SMILES string of the molecule is COC(C)(C)Cn1c(C2CC2)nc2cccc(C(=O)O)c21. The number of aromatic carboxylic acids is 1. The van der Waals surface area contributed by atoms with Crippen molar-refractivity contribution < 1.29 is 14.6 Å².